The normalized spacial score (nSPS) is 15.0. The molecule has 0 radical (unpaired) electrons. The minimum absolute atomic E-state index is 0.219. The van der Waals surface area contributed by atoms with E-state index in [-0.39, 0.29) is 24.1 Å². The summed E-state index contributed by atoms with van der Waals surface area (Å²) >= 11 is 3.46. The number of benzene rings is 3. The second-order valence-electron chi connectivity index (χ2n) is 8.37. The number of hydrazone groups is 1. The number of aromatic nitrogens is 2. The van der Waals surface area contributed by atoms with Crippen molar-refractivity contribution in [1.29, 1.82) is 0 Å². The van der Waals surface area contributed by atoms with Crippen molar-refractivity contribution in [3.05, 3.63) is 117 Å². The third-order valence-electron chi connectivity index (χ3n) is 6.07. The van der Waals surface area contributed by atoms with E-state index in [9.17, 15) is 9.59 Å². The molecule has 2 heterocycles. The van der Waals surface area contributed by atoms with Gasteiger partial charge in [-0.15, -0.1) is 0 Å². The van der Waals surface area contributed by atoms with E-state index < -0.39 is 0 Å². The second kappa shape index (κ2) is 10.3. The number of amides is 1. The van der Waals surface area contributed by atoms with Gasteiger partial charge in [0.25, 0.3) is 11.5 Å². The second-order valence-corrected chi connectivity index (χ2v) is 9.28. The van der Waals surface area contributed by atoms with Gasteiger partial charge in [0.15, 0.2) is 0 Å². The topological polar surface area (TPSA) is 76.8 Å². The van der Waals surface area contributed by atoms with Crippen LogP contribution in [0.15, 0.2) is 105 Å². The van der Waals surface area contributed by atoms with Gasteiger partial charge < -0.3 is 4.74 Å². The lowest BCUT2D eigenvalue weighted by Gasteiger charge is -2.22. The maximum atomic E-state index is 13.5. The average molecular weight is 543 g/mol. The number of hydrogen-bond donors (Lipinski definition) is 0. The standard InChI is InChI=1S/C28H23BrN4O3/c1-36-23-13-9-21(10-14-23)26-17-25(20-7-11-22(29)12-8-20)31-33(26)28(35)18-32-27(34)16-15-24(30-32)19-5-3-2-4-6-19/h2-16,26H,17-18H2,1H3. The van der Waals surface area contributed by atoms with Crippen LogP contribution in [-0.4, -0.2) is 33.5 Å². The van der Waals surface area contributed by atoms with Crippen LogP contribution in [0.25, 0.3) is 11.3 Å². The Hall–Kier alpha value is -4.04. The Bertz CT molecular complexity index is 1470. The van der Waals surface area contributed by atoms with E-state index in [2.05, 4.69) is 21.0 Å². The SMILES string of the molecule is COc1ccc(C2CC(c3ccc(Br)cc3)=NN2C(=O)Cn2nc(-c3ccccc3)ccc2=O)cc1. The van der Waals surface area contributed by atoms with Crippen LogP contribution in [0.3, 0.4) is 0 Å². The first-order chi connectivity index (χ1) is 17.5. The Kier molecular flexibility index (Phi) is 6.77. The first kappa shape index (κ1) is 23.7. The molecular weight excluding hydrogens is 520 g/mol. The van der Waals surface area contributed by atoms with Crippen LogP contribution in [0.5, 0.6) is 5.75 Å². The molecule has 8 heteroatoms. The van der Waals surface area contributed by atoms with E-state index in [4.69, 9.17) is 9.84 Å². The Morgan fingerprint density at radius 1 is 0.944 bits per heavy atom. The smallest absolute Gasteiger partial charge is 0.267 e. The molecule has 0 aliphatic carbocycles. The van der Waals surface area contributed by atoms with Gasteiger partial charge in [-0.2, -0.15) is 10.2 Å². The van der Waals surface area contributed by atoms with Crippen LogP contribution in [-0.2, 0) is 11.3 Å². The molecule has 4 aromatic rings. The monoisotopic (exact) mass is 542 g/mol. The minimum atomic E-state index is -0.347. The molecule has 0 spiro atoms. The molecule has 1 unspecified atom stereocenters. The summed E-state index contributed by atoms with van der Waals surface area (Å²) in [7, 11) is 1.61. The van der Waals surface area contributed by atoms with Crippen molar-refractivity contribution in [2.24, 2.45) is 5.10 Å². The van der Waals surface area contributed by atoms with Crippen molar-refractivity contribution >= 4 is 27.5 Å². The molecule has 180 valence electrons. The first-order valence-electron chi connectivity index (χ1n) is 11.4. The van der Waals surface area contributed by atoms with Crippen LogP contribution in [0, 0.1) is 0 Å². The minimum Gasteiger partial charge on any atom is -0.497 e. The number of methoxy groups -OCH3 is 1. The van der Waals surface area contributed by atoms with Crippen LogP contribution >= 0.6 is 15.9 Å². The van der Waals surface area contributed by atoms with Gasteiger partial charge in [0.1, 0.15) is 12.3 Å². The van der Waals surface area contributed by atoms with Crippen LogP contribution in [0.4, 0.5) is 0 Å². The van der Waals surface area contributed by atoms with E-state index in [1.54, 1.807) is 13.2 Å². The van der Waals surface area contributed by atoms with Crippen molar-refractivity contribution in [3.8, 4) is 17.0 Å². The lowest BCUT2D eigenvalue weighted by Crippen LogP contribution is -2.34. The van der Waals surface area contributed by atoms with Gasteiger partial charge in [-0.1, -0.05) is 70.5 Å². The summed E-state index contributed by atoms with van der Waals surface area (Å²) in [6.45, 7) is -0.219. The molecule has 3 aromatic carbocycles. The molecule has 0 saturated carbocycles. The molecule has 0 saturated heterocycles. The maximum absolute atomic E-state index is 13.5. The third kappa shape index (κ3) is 4.99. The fourth-order valence-corrected chi connectivity index (χ4v) is 4.43. The highest BCUT2D eigenvalue weighted by Crippen LogP contribution is 2.34. The molecule has 1 aliphatic rings. The van der Waals surface area contributed by atoms with Crippen molar-refractivity contribution in [1.82, 2.24) is 14.8 Å². The molecule has 0 fully saturated rings. The van der Waals surface area contributed by atoms with Crippen molar-refractivity contribution in [3.63, 3.8) is 0 Å². The van der Waals surface area contributed by atoms with Crippen molar-refractivity contribution in [2.75, 3.05) is 7.11 Å². The number of halogens is 1. The molecule has 1 atom stereocenters. The molecule has 5 rings (SSSR count). The van der Waals surface area contributed by atoms with Crippen LogP contribution < -0.4 is 10.3 Å². The van der Waals surface area contributed by atoms with Gasteiger partial charge in [-0.25, -0.2) is 9.69 Å². The van der Waals surface area contributed by atoms with Gasteiger partial charge in [0.2, 0.25) is 0 Å². The zero-order valence-electron chi connectivity index (χ0n) is 19.5. The van der Waals surface area contributed by atoms with Gasteiger partial charge in [0.05, 0.1) is 24.6 Å². The summed E-state index contributed by atoms with van der Waals surface area (Å²) in [6.07, 6.45) is 0.548. The number of hydrogen-bond acceptors (Lipinski definition) is 5. The number of carbonyl (C=O) groups excluding carboxylic acids is 1. The summed E-state index contributed by atoms with van der Waals surface area (Å²) in [5.74, 6) is 0.417. The Morgan fingerprint density at radius 2 is 1.67 bits per heavy atom. The highest BCUT2D eigenvalue weighted by atomic mass is 79.9. The maximum Gasteiger partial charge on any atom is 0.267 e. The lowest BCUT2D eigenvalue weighted by atomic mass is 9.98. The molecule has 1 amide bonds. The van der Waals surface area contributed by atoms with Crippen molar-refractivity contribution < 1.29 is 9.53 Å². The summed E-state index contributed by atoms with van der Waals surface area (Å²) in [4.78, 5) is 26.1. The molecule has 1 aromatic heterocycles. The van der Waals surface area contributed by atoms with Gasteiger partial charge in [-0.3, -0.25) is 9.59 Å². The predicted octanol–water partition coefficient (Wildman–Crippen LogP) is 5.06. The molecule has 7 nitrogen and oxygen atoms in total. The van der Waals surface area contributed by atoms with E-state index in [0.29, 0.717) is 12.1 Å². The zero-order chi connectivity index (χ0) is 25.1. The van der Waals surface area contributed by atoms with E-state index in [1.165, 1.54) is 15.8 Å². The largest absolute Gasteiger partial charge is 0.497 e. The highest BCUT2D eigenvalue weighted by molar-refractivity contribution is 9.10. The number of carbonyl (C=O) groups is 1. The Balaban J connectivity index is 1.47. The van der Waals surface area contributed by atoms with Crippen molar-refractivity contribution in [2.45, 2.75) is 19.0 Å². The average Bonchev–Trinajstić information content (AvgIpc) is 3.36. The molecule has 1 aliphatic heterocycles. The summed E-state index contributed by atoms with van der Waals surface area (Å²) < 4.78 is 7.45. The van der Waals surface area contributed by atoms with Gasteiger partial charge in [-0.05, 0) is 41.5 Å². The third-order valence-corrected chi connectivity index (χ3v) is 6.59. The molecule has 0 bridgehead atoms. The fourth-order valence-electron chi connectivity index (χ4n) is 4.17. The summed E-state index contributed by atoms with van der Waals surface area (Å²) in [5.41, 5.74) is 3.81. The number of rotatable bonds is 6. The van der Waals surface area contributed by atoms with Crippen LogP contribution in [0.1, 0.15) is 23.6 Å². The summed E-state index contributed by atoms with van der Waals surface area (Å²) in [5, 5.41) is 10.6. The predicted molar refractivity (Wildman–Crippen MR) is 142 cm³/mol. The highest BCUT2D eigenvalue weighted by Gasteiger charge is 2.33. The summed E-state index contributed by atoms with van der Waals surface area (Å²) in [6, 6.07) is 27.8. The molecular formula is C28H23BrN4O3. The van der Waals surface area contributed by atoms with Crippen LogP contribution in [0.2, 0.25) is 0 Å². The van der Waals surface area contributed by atoms with E-state index in [1.807, 2.05) is 78.9 Å². The van der Waals surface area contributed by atoms with E-state index >= 15 is 0 Å². The zero-order valence-corrected chi connectivity index (χ0v) is 21.1. The Morgan fingerprint density at radius 3 is 2.36 bits per heavy atom. The molecule has 36 heavy (non-hydrogen) atoms. The number of ether oxygens (including phenoxy) is 1. The quantitative estimate of drug-likeness (QED) is 0.341. The first-order valence-corrected chi connectivity index (χ1v) is 12.2. The lowest BCUT2D eigenvalue weighted by molar-refractivity contribution is -0.133. The fraction of sp³-hybridized carbons (Fsp3) is 0.143. The molecule has 0 N–H and O–H groups in total. The van der Waals surface area contributed by atoms with Gasteiger partial charge in [0, 0.05) is 22.5 Å². The van der Waals surface area contributed by atoms with E-state index in [0.717, 1.165) is 32.6 Å². The number of nitrogens with zero attached hydrogens (tertiary/aromatic N) is 4. The van der Waals surface area contributed by atoms with Gasteiger partial charge >= 0.3 is 0 Å². The Labute approximate surface area is 216 Å².